The number of hydrogen-bond donors (Lipinski definition) is 3. The number of piperidine rings is 1. The van der Waals surface area contributed by atoms with Crippen molar-refractivity contribution < 1.29 is 19.5 Å². The summed E-state index contributed by atoms with van der Waals surface area (Å²) in [6.45, 7) is 3.50. The van der Waals surface area contributed by atoms with Gasteiger partial charge in [-0.3, -0.25) is 9.59 Å². The van der Waals surface area contributed by atoms with E-state index in [4.69, 9.17) is 5.11 Å². The molecule has 0 radical (unpaired) electrons. The van der Waals surface area contributed by atoms with Gasteiger partial charge in [0, 0.05) is 38.7 Å². The third-order valence-corrected chi connectivity index (χ3v) is 4.19. The van der Waals surface area contributed by atoms with Gasteiger partial charge in [0.05, 0.1) is 0 Å². The molecule has 1 aromatic rings. The number of hydrogen-bond acceptors (Lipinski definition) is 3. The van der Waals surface area contributed by atoms with Gasteiger partial charge in [-0.05, 0) is 36.5 Å². The molecule has 2 rings (SSSR count). The summed E-state index contributed by atoms with van der Waals surface area (Å²) in [6.07, 6.45) is 0.654. The summed E-state index contributed by atoms with van der Waals surface area (Å²) in [5, 5.41) is 14.5. The monoisotopic (exact) mass is 333 g/mol. The molecule has 24 heavy (non-hydrogen) atoms. The molecule has 1 saturated heterocycles. The summed E-state index contributed by atoms with van der Waals surface area (Å²) in [7, 11) is 0. The van der Waals surface area contributed by atoms with Crippen LogP contribution < -0.4 is 10.6 Å². The molecule has 1 aliphatic heterocycles. The van der Waals surface area contributed by atoms with Crippen LogP contribution in [0.5, 0.6) is 0 Å². The largest absolute Gasteiger partial charge is 0.465 e. The van der Waals surface area contributed by atoms with E-state index in [0.29, 0.717) is 37.7 Å². The summed E-state index contributed by atoms with van der Waals surface area (Å²) < 4.78 is 0. The van der Waals surface area contributed by atoms with Crippen molar-refractivity contribution in [3.05, 3.63) is 35.4 Å². The lowest BCUT2D eigenvalue weighted by molar-refractivity contribution is -0.119. The van der Waals surface area contributed by atoms with E-state index in [1.54, 1.807) is 12.1 Å². The smallest absolute Gasteiger partial charge is 0.407 e. The minimum absolute atomic E-state index is 0.0919. The second kappa shape index (κ2) is 8.33. The van der Waals surface area contributed by atoms with E-state index < -0.39 is 6.09 Å². The number of nitrogens with one attached hydrogen (secondary N) is 2. The van der Waals surface area contributed by atoms with Crippen molar-refractivity contribution in [1.29, 1.82) is 0 Å². The Morgan fingerprint density at radius 2 is 1.75 bits per heavy atom. The number of likely N-dealkylation sites (tertiary alicyclic amines) is 1. The fourth-order valence-electron chi connectivity index (χ4n) is 2.67. The molecule has 0 aromatic heterocycles. The number of benzene rings is 1. The summed E-state index contributed by atoms with van der Waals surface area (Å²) in [5.41, 5.74) is 1.51. The van der Waals surface area contributed by atoms with Gasteiger partial charge in [-0.25, -0.2) is 4.79 Å². The van der Waals surface area contributed by atoms with E-state index in [0.717, 1.165) is 18.4 Å². The first-order chi connectivity index (χ1) is 11.5. The van der Waals surface area contributed by atoms with Gasteiger partial charge >= 0.3 is 6.09 Å². The van der Waals surface area contributed by atoms with Crippen molar-refractivity contribution >= 4 is 17.9 Å². The van der Waals surface area contributed by atoms with Crippen LogP contribution in [0.15, 0.2) is 24.3 Å². The standard InChI is InChI=1S/C17H23N3O4/c1-12(21)18-10-13-2-4-15(5-3-13)16(22)19-11-14-6-8-20(9-7-14)17(23)24/h2-5,14H,6-11H2,1H3,(H,18,21)(H,19,22)(H,23,24). The number of carbonyl (C=O) groups excluding carboxylic acids is 2. The van der Waals surface area contributed by atoms with Crippen LogP contribution >= 0.6 is 0 Å². The second-order valence-electron chi connectivity index (χ2n) is 6.03. The van der Waals surface area contributed by atoms with Crippen molar-refractivity contribution in [2.24, 2.45) is 5.92 Å². The average Bonchev–Trinajstić information content (AvgIpc) is 2.58. The quantitative estimate of drug-likeness (QED) is 0.759. The molecule has 0 saturated carbocycles. The topological polar surface area (TPSA) is 98.7 Å². The molecule has 1 aliphatic rings. The molecule has 0 bridgehead atoms. The summed E-state index contributed by atoms with van der Waals surface area (Å²) in [4.78, 5) is 35.3. The zero-order valence-corrected chi connectivity index (χ0v) is 13.7. The molecule has 0 unspecified atom stereocenters. The van der Waals surface area contributed by atoms with Crippen LogP contribution in [0.2, 0.25) is 0 Å². The highest BCUT2D eigenvalue weighted by atomic mass is 16.4. The third-order valence-electron chi connectivity index (χ3n) is 4.19. The van der Waals surface area contributed by atoms with Crippen molar-refractivity contribution in [1.82, 2.24) is 15.5 Å². The maximum absolute atomic E-state index is 12.2. The highest BCUT2D eigenvalue weighted by Crippen LogP contribution is 2.16. The van der Waals surface area contributed by atoms with E-state index >= 15 is 0 Å². The van der Waals surface area contributed by atoms with E-state index in [-0.39, 0.29) is 11.8 Å². The van der Waals surface area contributed by atoms with Gasteiger partial charge in [-0.1, -0.05) is 12.1 Å². The molecule has 7 heteroatoms. The van der Waals surface area contributed by atoms with E-state index in [1.165, 1.54) is 11.8 Å². The maximum atomic E-state index is 12.2. The average molecular weight is 333 g/mol. The molecule has 3 N–H and O–H groups in total. The predicted octanol–water partition coefficient (Wildman–Crippen LogP) is 1.44. The number of carboxylic acid groups (broad SMARTS) is 1. The number of nitrogens with zero attached hydrogens (tertiary/aromatic N) is 1. The van der Waals surface area contributed by atoms with Gasteiger partial charge < -0.3 is 20.6 Å². The summed E-state index contributed by atoms with van der Waals surface area (Å²) in [5.74, 6) is 0.0797. The van der Waals surface area contributed by atoms with Crippen molar-refractivity contribution in [3.63, 3.8) is 0 Å². The zero-order chi connectivity index (χ0) is 17.5. The molecule has 0 aliphatic carbocycles. The van der Waals surface area contributed by atoms with Crippen LogP contribution in [0.3, 0.4) is 0 Å². The SMILES string of the molecule is CC(=O)NCc1ccc(C(=O)NCC2CCN(C(=O)O)CC2)cc1. The van der Waals surface area contributed by atoms with Gasteiger partial charge in [-0.15, -0.1) is 0 Å². The van der Waals surface area contributed by atoms with Crippen LogP contribution in [0, 0.1) is 5.92 Å². The molecule has 0 atom stereocenters. The lowest BCUT2D eigenvalue weighted by Gasteiger charge is -2.29. The highest BCUT2D eigenvalue weighted by molar-refractivity contribution is 5.94. The molecular weight excluding hydrogens is 310 g/mol. The van der Waals surface area contributed by atoms with Gasteiger partial charge in [0.15, 0.2) is 0 Å². The molecule has 1 aromatic carbocycles. The first-order valence-electron chi connectivity index (χ1n) is 8.05. The Kier molecular flexibility index (Phi) is 6.17. The fourth-order valence-corrected chi connectivity index (χ4v) is 2.67. The van der Waals surface area contributed by atoms with E-state index in [1.807, 2.05) is 12.1 Å². The molecule has 130 valence electrons. The van der Waals surface area contributed by atoms with E-state index in [2.05, 4.69) is 10.6 Å². The van der Waals surface area contributed by atoms with Crippen LogP contribution in [0.4, 0.5) is 4.79 Å². The first kappa shape index (κ1) is 17.8. The maximum Gasteiger partial charge on any atom is 0.407 e. The van der Waals surface area contributed by atoms with Crippen LogP contribution in [0.25, 0.3) is 0 Å². The fraction of sp³-hybridized carbons (Fsp3) is 0.471. The minimum Gasteiger partial charge on any atom is -0.465 e. The Morgan fingerprint density at radius 3 is 2.29 bits per heavy atom. The molecule has 1 fully saturated rings. The van der Waals surface area contributed by atoms with Crippen LogP contribution in [-0.4, -0.2) is 47.5 Å². The molecule has 7 nitrogen and oxygen atoms in total. The number of carbonyl (C=O) groups is 3. The van der Waals surface area contributed by atoms with Crippen molar-refractivity contribution in [2.45, 2.75) is 26.3 Å². The summed E-state index contributed by atoms with van der Waals surface area (Å²) >= 11 is 0. The lowest BCUT2D eigenvalue weighted by atomic mass is 9.97. The van der Waals surface area contributed by atoms with Crippen molar-refractivity contribution in [2.75, 3.05) is 19.6 Å². The zero-order valence-electron chi connectivity index (χ0n) is 13.7. The first-order valence-corrected chi connectivity index (χ1v) is 8.05. The van der Waals surface area contributed by atoms with Gasteiger partial charge in [0.2, 0.25) is 5.91 Å². The Labute approximate surface area is 141 Å². The summed E-state index contributed by atoms with van der Waals surface area (Å²) in [6, 6.07) is 7.10. The molecule has 3 amide bonds. The van der Waals surface area contributed by atoms with Gasteiger partial charge in [0.25, 0.3) is 5.91 Å². The lowest BCUT2D eigenvalue weighted by Crippen LogP contribution is -2.40. The van der Waals surface area contributed by atoms with Crippen LogP contribution in [-0.2, 0) is 11.3 Å². The second-order valence-corrected chi connectivity index (χ2v) is 6.03. The normalized spacial score (nSPS) is 15.0. The van der Waals surface area contributed by atoms with Crippen LogP contribution in [0.1, 0.15) is 35.7 Å². The Balaban J connectivity index is 1.76. The Bertz CT molecular complexity index is 592. The number of rotatable bonds is 5. The Morgan fingerprint density at radius 1 is 1.12 bits per heavy atom. The van der Waals surface area contributed by atoms with Crippen molar-refractivity contribution in [3.8, 4) is 0 Å². The van der Waals surface area contributed by atoms with Gasteiger partial charge in [0.1, 0.15) is 0 Å². The Hall–Kier alpha value is -2.57. The molecule has 0 spiro atoms. The minimum atomic E-state index is -0.878. The molecular formula is C17H23N3O4. The molecule has 1 heterocycles. The predicted molar refractivity (Wildman–Crippen MR) is 88.6 cm³/mol. The number of amides is 3. The third kappa shape index (κ3) is 5.26. The highest BCUT2D eigenvalue weighted by Gasteiger charge is 2.22. The van der Waals surface area contributed by atoms with E-state index in [9.17, 15) is 14.4 Å². The van der Waals surface area contributed by atoms with Gasteiger partial charge in [-0.2, -0.15) is 0 Å².